The molecule has 0 heterocycles. The van der Waals surface area contributed by atoms with Crippen molar-refractivity contribution >= 4 is 5.57 Å². The minimum absolute atomic E-state index is 1.17. The van der Waals surface area contributed by atoms with Gasteiger partial charge in [0.25, 0.3) is 0 Å². The van der Waals surface area contributed by atoms with Gasteiger partial charge in [-0.25, -0.2) is 0 Å². The Morgan fingerprint density at radius 2 is 1.32 bits per heavy atom. The maximum atomic E-state index is 3.38. The maximum absolute atomic E-state index is 3.38. The molecule has 0 amide bonds. The van der Waals surface area contributed by atoms with Crippen LogP contribution < -0.4 is 0 Å². The van der Waals surface area contributed by atoms with Gasteiger partial charge in [-0.3, -0.25) is 0 Å². The third-order valence-electron chi connectivity index (χ3n) is 4.17. The van der Waals surface area contributed by atoms with E-state index in [0.717, 1.165) is 0 Å². The van der Waals surface area contributed by atoms with E-state index in [0.29, 0.717) is 0 Å². The van der Waals surface area contributed by atoms with Crippen LogP contribution in [0.25, 0.3) is 5.57 Å². The van der Waals surface area contributed by atoms with Gasteiger partial charge in [0.1, 0.15) is 0 Å². The van der Waals surface area contributed by atoms with Crippen LogP contribution in [0.3, 0.4) is 0 Å². The van der Waals surface area contributed by atoms with E-state index in [1.54, 1.807) is 0 Å². The predicted octanol–water partition coefficient (Wildman–Crippen LogP) is 5.65. The monoisotopic (exact) mass is 285 g/mol. The number of rotatable bonds is 2. The second kappa shape index (κ2) is 5.81. The van der Waals surface area contributed by atoms with Gasteiger partial charge < -0.3 is 0 Å². The van der Waals surface area contributed by atoms with E-state index in [-0.39, 0.29) is 0 Å². The maximum Gasteiger partial charge on any atom is -0.00273 e. The molecule has 0 unspecified atom stereocenters. The molecule has 2 aromatic carbocycles. The molecule has 3 rings (SSSR count). The molecule has 0 atom stereocenters. The molecule has 0 saturated carbocycles. The van der Waals surface area contributed by atoms with Crippen LogP contribution in [0.15, 0.2) is 60.2 Å². The van der Waals surface area contributed by atoms with Crippen LogP contribution in [0.5, 0.6) is 0 Å². The Labute approximate surface area is 133 Å². The molecular weight excluding hydrogens is 264 g/mol. The molecule has 0 bridgehead atoms. The SMILES string of the molecule is Cc1ccc(C(=C2[C]=CC=C2)c2ccc(C)cc2C)c(C)c1. The predicted molar refractivity (Wildman–Crippen MR) is 94.8 cm³/mol. The zero-order valence-corrected chi connectivity index (χ0v) is 13.7. The minimum Gasteiger partial charge on any atom is -0.0610 e. The number of hydrogen-bond acceptors (Lipinski definition) is 0. The average Bonchev–Trinajstić information content (AvgIpc) is 2.97. The summed E-state index contributed by atoms with van der Waals surface area (Å²) in [4.78, 5) is 0. The highest BCUT2D eigenvalue weighted by atomic mass is 14.2. The second-order valence-corrected chi connectivity index (χ2v) is 6.10. The van der Waals surface area contributed by atoms with Gasteiger partial charge in [0.15, 0.2) is 0 Å². The normalized spacial score (nSPS) is 13.0. The first-order valence-corrected chi connectivity index (χ1v) is 7.72. The highest BCUT2D eigenvalue weighted by Crippen LogP contribution is 2.34. The topological polar surface area (TPSA) is 0 Å². The van der Waals surface area contributed by atoms with Crippen molar-refractivity contribution in [3.63, 3.8) is 0 Å². The molecule has 0 spiro atoms. The quantitative estimate of drug-likeness (QED) is 0.668. The molecular formula is C22H21. The Morgan fingerprint density at radius 3 is 1.73 bits per heavy atom. The Hall–Kier alpha value is -2.34. The van der Waals surface area contributed by atoms with Gasteiger partial charge in [0.05, 0.1) is 0 Å². The zero-order valence-electron chi connectivity index (χ0n) is 13.7. The lowest BCUT2D eigenvalue weighted by Crippen LogP contribution is -1.98. The van der Waals surface area contributed by atoms with E-state index < -0.39 is 0 Å². The molecule has 0 aromatic heterocycles. The highest BCUT2D eigenvalue weighted by molar-refractivity contribution is 5.87. The third kappa shape index (κ3) is 2.69. The fourth-order valence-corrected chi connectivity index (χ4v) is 3.11. The minimum atomic E-state index is 1.17. The molecule has 0 N–H and O–H groups in total. The van der Waals surface area contributed by atoms with Gasteiger partial charge in [-0.2, -0.15) is 0 Å². The van der Waals surface area contributed by atoms with Crippen LogP contribution in [0.1, 0.15) is 33.4 Å². The summed E-state index contributed by atoms with van der Waals surface area (Å²) in [7, 11) is 0. The van der Waals surface area contributed by atoms with Gasteiger partial charge >= 0.3 is 0 Å². The van der Waals surface area contributed by atoms with E-state index in [2.05, 4.69) is 82.3 Å². The van der Waals surface area contributed by atoms with Crippen LogP contribution in [0.2, 0.25) is 0 Å². The van der Waals surface area contributed by atoms with Crippen LogP contribution in [0, 0.1) is 33.8 Å². The van der Waals surface area contributed by atoms with E-state index in [1.807, 2.05) is 6.08 Å². The van der Waals surface area contributed by atoms with E-state index >= 15 is 0 Å². The summed E-state index contributed by atoms with van der Waals surface area (Å²) in [6.45, 7) is 8.66. The molecule has 22 heavy (non-hydrogen) atoms. The molecule has 1 aliphatic rings. The summed E-state index contributed by atoms with van der Waals surface area (Å²) in [5.74, 6) is 0. The summed E-state index contributed by atoms with van der Waals surface area (Å²) >= 11 is 0. The summed E-state index contributed by atoms with van der Waals surface area (Å²) in [5.41, 5.74) is 10.2. The Bertz CT molecular complexity index is 746. The van der Waals surface area contributed by atoms with Gasteiger partial charge in [0, 0.05) is 0 Å². The lowest BCUT2D eigenvalue weighted by molar-refractivity contribution is 1.31. The van der Waals surface area contributed by atoms with Crippen LogP contribution in [-0.4, -0.2) is 0 Å². The van der Waals surface area contributed by atoms with Crippen molar-refractivity contribution in [2.45, 2.75) is 27.7 Å². The van der Waals surface area contributed by atoms with Crippen LogP contribution in [0.4, 0.5) is 0 Å². The van der Waals surface area contributed by atoms with Crippen molar-refractivity contribution in [1.82, 2.24) is 0 Å². The van der Waals surface area contributed by atoms with E-state index in [9.17, 15) is 0 Å². The van der Waals surface area contributed by atoms with Crippen molar-refractivity contribution in [1.29, 1.82) is 0 Å². The van der Waals surface area contributed by atoms with Crippen molar-refractivity contribution in [3.8, 4) is 0 Å². The van der Waals surface area contributed by atoms with Crippen LogP contribution >= 0.6 is 0 Å². The lowest BCUT2D eigenvalue weighted by Gasteiger charge is -2.17. The molecule has 1 aliphatic carbocycles. The van der Waals surface area contributed by atoms with Crippen LogP contribution in [-0.2, 0) is 0 Å². The second-order valence-electron chi connectivity index (χ2n) is 6.10. The van der Waals surface area contributed by atoms with Crippen molar-refractivity contribution in [2.24, 2.45) is 0 Å². The largest absolute Gasteiger partial charge is 0.0610 e. The molecule has 0 aliphatic heterocycles. The molecule has 0 saturated heterocycles. The number of aryl methyl sites for hydroxylation is 4. The summed E-state index contributed by atoms with van der Waals surface area (Å²) in [6, 6.07) is 13.4. The summed E-state index contributed by atoms with van der Waals surface area (Å²) in [6.07, 6.45) is 9.57. The Balaban J connectivity index is 2.28. The number of hydrogen-bond donors (Lipinski definition) is 0. The molecule has 0 heteroatoms. The Kier molecular flexibility index (Phi) is 3.85. The highest BCUT2D eigenvalue weighted by Gasteiger charge is 2.15. The van der Waals surface area contributed by atoms with Crippen molar-refractivity contribution < 1.29 is 0 Å². The first-order valence-electron chi connectivity index (χ1n) is 7.72. The Morgan fingerprint density at radius 1 is 0.773 bits per heavy atom. The zero-order chi connectivity index (χ0) is 15.7. The third-order valence-corrected chi connectivity index (χ3v) is 4.17. The van der Waals surface area contributed by atoms with E-state index in [4.69, 9.17) is 0 Å². The van der Waals surface area contributed by atoms with Crippen molar-refractivity contribution in [3.05, 3.63) is 99.7 Å². The molecule has 109 valence electrons. The number of allylic oxidation sites excluding steroid dienone is 5. The molecule has 1 radical (unpaired) electrons. The fourth-order valence-electron chi connectivity index (χ4n) is 3.11. The summed E-state index contributed by atoms with van der Waals surface area (Å²) in [5, 5.41) is 0. The first kappa shape index (κ1) is 14.6. The summed E-state index contributed by atoms with van der Waals surface area (Å²) < 4.78 is 0. The van der Waals surface area contributed by atoms with Gasteiger partial charge in [-0.1, -0.05) is 65.8 Å². The molecule has 2 aromatic rings. The van der Waals surface area contributed by atoms with E-state index in [1.165, 1.54) is 44.5 Å². The van der Waals surface area contributed by atoms with Gasteiger partial charge in [-0.15, -0.1) is 0 Å². The first-order chi connectivity index (χ1) is 10.6. The molecule has 0 nitrogen and oxygen atoms in total. The fraction of sp³-hybridized carbons (Fsp3) is 0.182. The van der Waals surface area contributed by atoms with Crippen molar-refractivity contribution in [2.75, 3.05) is 0 Å². The standard InChI is InChI=1S/C22H21/c1-15-9-11-20(17(3)13-15)22(19-7-5-6-8-19)21-12-10-16(2)14-18(21)4/h5-7,9-14H,1-4H3. The average molecular weight is 285 g/mol. The molecule has 0 fully saturated rings. The smallest absolute Gasteiger partial charge is 0.00273 e. The van der Waals surface area contributed by atoms with Gasteiger partial charge in [0.2, 0.25) is 0 Å². The number of benzene rings is 2. The lowest BCUT2D eigenvalue weighted by atomic mass is 9.87. The van der Waals surface area contributed by atoms with Gasteiger partial charge in [-0.05, 0) is 67.2 Å².